The maximum atomic E-state index is 13.4. The van der Waals surface area contributed by atoms with Crippen molar-refractivity contribution in [2.24, 2.45) is 10.9 Å². The van der Waals surface area contributed by atoms with Gasteiger partial charge in [-0.25, -0.2) is 27.8 Å². The normalized spacial score (nSPS) is 19.2. The number of carbonyl (C=O) groups excluding carboxylic acids is 4. The van der Waals surface area contributed by atoms with E-state index in [1.54, 1.807) is 12.1 Å². The highest BCUT2D eigenvalue weighted by molar-refractivity contribution is 7.90. The van der Waals surface area contributed by atoms with Crippen LogP contribution in [0.15, 0.2) is 93.8 Å². The molecule has 4 aliphatic rings. The van der Waals surface area contributed by atoms with Gasteiger partial charge in [0.25, 0.3) is 21.8 Å². The molecule has 16 nitrogen and oxygen atoms in total. The van der Waals surface area contributed by atoms with E-state index >= 15 is 0 Å². The number of amides is 6. The molecule has 3 heterocycles. The summed E-state index contributed by atoms with van der Waals surface area (Å²) in [5, 5.41) is 19.8. The van der Waals surface area contributed by atoms with E-state index in [-0.39, 0.29) is 22.8 Å². The molecule has 2 aliphatic heterocycles. The molecule has 2 saturated carbocycles. The molecule has 8 rings (SSSR count). The third-order valence-electron chi connectivity index (χ3n) is 13.1. The minimum absolute atomic E-state index is 0.00639. The van der Waals surface area contributed by atoms with Crippen molar-refractivity contribution in [2.45, 2.75) is 134 Å². The Morgan fingerprint density at radius 2 is 1.56 bits per heavy atom. The summed E-state index contributed by atoms with van der Waals surface area (Å²) in [5.74, 6) is 2.21. The Morgan fingerprint density at radius 1 is 0.879 bits per heavy atom. The Morgan fingerprint density at radius 3 is 2.20 bits per heavy atom. The number of sulfonamides is 1. The van der Waals surface area contributed by atoms with Crippen molar-refractivity contribution in [3.63, 3.8) is 0 Å². The van der Waals surface area contributed by atoms with E-state index in [1.807, 2.05) is 36.9 Å². The van der Waals surface area contributed by atoms with Gasteiger partial charge in [-0.05, 0) is 121 Å². The second-order valence-corrected chi connectivity index (χ2v) is 19.6. The van der Waals surface area contributed by atoms with Crippen LogP contribution in [0.3, 0.4) is 0 Å². The number of aliphatic imine (C=N–C) groups is 1. The van der Waals surface area contributed by atoms with E-state index < -0.39 is 27.6 Å². The first kappa shape index (κ1) is 47.7. The number of H-pyrrole nitrogens is 1. The van der Waals surface area contributed by atoms with E-state index in [0.29, 0.717) is 49.8 Å². The van der Waals surface area contributed by atoms with Crippen LogP contribution >= 0.6 is 0 Å². The zero-order valence-electron chi connectivity index (χ0n) is 38.4. The van der Waals surface area contributed by atoms with Gasteiger partial charge in [-0.2, -0.15) is 0 Å². The predicted molar refractivity (Wildman–Crippen MR) is 252 cm³/mol. The lowest BCUT2D eigenvalue weighted by Crippen LogP contribution is -2.45. The number of unbranched alkanes of at least 4 members (excludes halogenated alkanes) is 1. The van der Waals surface area contributed by atoms with E-state index in [4.69, 9.17) is 4.99 Å². The number of tetrazole rings is 1. The van der Waals surface area contributed by atoms with Crippen LogP contribution in [0.4, 0.5) is 9.59 Å². The predicted octanol–water partition coefficient (Wildman–Crippen LogP) is 7.85. The summed E-state index contributed by atoms with van der Waals surface area (Å²) < 4.78 is 27.2. The van der Waals surface area contributed by atoms with Crippen LogP contribution < -0.4 is 15.4 Å². The van der Waals surface area contributed by atoms with Crippen molar-refractivity contribution in [2.75, 3.05) is 13.1 Å². The molecule has 2 aliphatic carbocycles. The molecule has 0 atom stereocenters. The van der Waals surface area contributed by atoms with Crippen molar-refractivity contribution < 1.29 is 27.6 Å². The summed E-state index contributed by atoms with van der Waals surface area (Å²) >= 11 is 0. The molecule has 0 bridgehead atoms. The molecule has 17 heteroatoms. The maximum absolute atomic E-state index is 13.4. The van der Waals surface area contributed by atoms with Gasteiger partial charge in [0.15, 0.2) is 5.82 Å². The Labute approximate surface area is 387 Å². The van der Waals surface area contributed by atoms with Crippen LogP contribution in [0.5, 0.6) is 0 Å². The molecule has 2 fully saturated rings. The van der Waals surface area contributed by atoms with Crippen LogP contribution in [0, 0.1) is 5.92 Å². The first-order chi connectivity index (χ1) is 31.8. The van der Waals surface area contributed by atoms with Crippen LogP contribution in [0.25, 0.3) is 22.5 Å². The van der Waals surface area contributed by atoms with Crippen molar-refractivity contribution in [1.82, 2.24) is 45.8 Å². The number of benzene rings is 3. The topological polar surface area (TPSA) is 212 Å². The number of amidine groups is 1. The highest BCUT2D eigenvalue weighted by atomic mass is 32.2. The number of rotatable bonds is 14. The molecule has 1 aromatic heterocycles. The number of imide groups is 1. The molecule has 0 radical (unpaired) electrons. The molecule has 66 heavy (non-hydrogen) atoms. The average Bonchev–Trinajstić information content (AvgIpc) is 4.13. The highest BCUT2D eigenvalue weighted by Gasteiger charge is 2.49. The minimum atomic E-state index is -3.98. The van der Waals surface area contributed by atoms with Crippen molar-refractivity contribution in [3.05, 3.63) is 95.1 Å². The number of hydrogen-bond acceptors (Lipinski definition) is 10. The van der Waals surface area contributed by atoms with Crippen molar-refractivity contribution >= 4 is 39.7 Å². The molecule has 350 valence electrons. The molecule has 3 aromatic carbocycles. The summed E-state index contributed by atoms with van der Waals surface area (Å²) in [5.41, 5.74) is 6.14. The van der Waals surface area contributed by atoms with Gasteiger partial charge >= 0.3 is 12.1 Å². The van der Waals surface area contributed by atoms with Gasteiger partial charge in [-0.1, -0.05) is 101 Å². The van der Waals surface area contributed by atoms with Crippen LogP contribution in [-0.4, -0.2) is 93.2 Å². The second-order valence-electron chi connectivity index (χ2n) is 17.9. The lowest BCUT2D eigenvalue weighted by molar-refractivity contribution is -0.131. The number of urea groups is 2. The number of carbonyl (C=O) groups is 4. The van der Waals surface area contributed by atoms with E-state index in [9.17, 15) is 27.6 Å². The van der Waals surface area contributed by atoms with E-state index in [0.717, 1.165) is 110 Å². The zero-order chi connectivity index (χ0) is 46.8. The van der Waals surface area contributed by atoms with Crippen LogP contribution in [0.2, 0.25) is 0 Å². The third-order valence-corrected chi connectivity index (χ3v) is 14.5. The SMILES string of the molecule is CCC1=C(C)CN(C(=O)NCCc2ccc(S(=O)(=O)NC(=O)NC3CCC(C)CC3)cc2)C1=O.CCCCC1=NC2(CCCC2)C(=O)N1Cc1ccc(-c2ccccc2-c2nnn[nH]2)cc1. The molecular formula is C49H62N10O6S. The monoisotopic (exact) mass is 918 g/mol. The number of aromatic nitrogens is 4. The van der Waals surface area contributed by atoms with Crippen LogP contribution in [0.1, 0.15) is 116 Å². The first-order valence-corrected chi connectivity index (χ1v) is 24.8. The number of hydrogen-bond donors (Lipinski definition) is 4. The van der Waals surface area contributed by atoms with Gasteiger partial charge in [0.05, 0.1) is 18.0 Å². The first-order valence-electron chi connectivity index (χ1n) is 23.3. The lowest BCUT2D eigenvalue weighted by Gasteiger charge is -2.26. The fraction of sp³-hybridized carbons (Fsp3) is 0.469. The maximum Gasteiger partial charge on any atom is 0.328 e. The second kappa shape index (κ2) is 21.4. The molecule has 0 unspecified atom stereocenters. The molecule has 0 saturated heterocycles. The number of nitrogens with one attached hydrogen (secondary N) is 4. The van der Waals surface area contributed by atoms with Gasteiger partial charge in [-0.3, -0.25) is 24.4 Å². The summed E-state index contributed by atoms with van der Waals surface area (Å²) in [6.07, 6.45) is 11.8. The highest BCUT2D eigenvalue weighted by Crippen LogP contribution is 2.40. The van der Waals surface area contributed by atoms with Crippen molar-refractivity contribution in [1.29, 1.82) is 0 Å². The quantitative estimate of drug-likeness (QED) is 0.0969. The Bertz CT molecular complexity index is 2530. The number of aromatic amines is 1. The zero-order valence-corrected chi connectivity index (χ0v) is 39.3. The Balaban J connectivity index is 0.000000197. The smallest absolute Gasteiger partial charge is 0.328 e. The van der Waals surface area contributed by atoms with Crippen molar-refractivity contribution in [3.8, 4) is 22.5 Å². The molecule has 4 aromatic rings. The standard InChI is InChI=1S/C25H28N6O.C24H34N4O5S/c1-2-3-10-22-26-25(15-6-7-16-25)24(32)31(22)17-18-11-13-19(14-12-18)20-8-4-5-9-21(20)23-27-29-30-28-23;1-4-21-17(3)15-28(22(21)29)24(31)25-14-13-18-7-11-20(12-8-18)34(32,33)27-23(30)26-19-9-5-16(2)6-10-19/h4-5,8-9,11-14H,2-3,6-7,10,15-17H2,1H3,(H,27,28,29,30);7-8,11-12,16,19H,4-6,9-10,13-15H2,1-3H3,(H,25,31)(H2,26,27,30). The van der Waals surface area contributed by atoms with Gasteiger partial charge in [0.2, 0.25) is 0 Å². The molecule has 4 N–H and O–H groups in total. The lowest BCUT2D eigenvalue weighted by atomic mass is 9.87. The Kier molecular flexibility index (Phi) is 15.5. The molecule has 1 spiro atoms. The number of nitrogens with zero attached hydrogens (tertiary/aromatic N) is 6. The van der Waals surface area contributed by atoms with Crippen LogP contribution in [-0.2, 0) is 32.6 Å². The fourth-order valence-electron chi connectivity index (χ4n) is 9.30. The fourth-order valence-corrected chi connectivity index (χ4v) is 10.2. The van der Waals surface area contributed by atoms with Gasteiger partial charge < -0.3 is 10.6 Å². The van der Waals surface area contributed by atoms with Gasteiger partial charge in [0.1, 0.15) is 11.4 Å². The average molecular weight is 919 g/mol. The largest absolute Gasteiger partial charge is 0.337 e. The molecule has 6 amide bonds. The van der Waals surface area contributed by atoms with E-state index in [1.165, 1.54) is 17.0 Å². The minimum Gasteiger partial charge on any atom is -0.337 e. The molecular weight excluding hydrogens is 857 g/mol. The Hall–Kier alpha value is -6.23. The van der Waals surface area contributed by atoms with Gasteiger partial charge in [0, 0.05) is 30.1 Å². The summed E-state index contributed by atoms with van der Waals surface area (Å²) in [6.45, 7) is 9.29. The summed E-state index contributed by atoms with van der Waals surface area (Å²) in [4.78, 5) is 58.3. The van der Waals surface area contributed by atoms with E-state index in [2.05, 4.69) is 80.2 Å². The van der Waals surface area contributed by atoms with Gasteiger partial charge in [-0.15, -0.1) is 5.10 Å². The summed E-state index contributed by atoms with van der Waals surface area (Å²) in [6, 6.07) is 21.5. The third kappa shape index (κ3) is 11.2. The summed E-state index contributed by atoms with van der Waals surface area (Å²) in [7, 11) is -3.98.